The molecule has 136 valence electrons. The lowest BCUT2D eigenvalue weighted by Gasteiger charge is -2.20. The molecule has 0 saturated carbocycles. The molecule has 0 fully saturated rings. The first-order valence-electron chi connectivity index (χ1n) is 8.53. The minimum Gasteiger partial charge on any atom is -0.489 e. The highest BCUT2D eigenvalue weighted by atomic mass is 19.1. The van der Waals surface area contributed by atoms with Gasteiger partial charge in [-0.25, -0.2) is 9.37 Å². The van der Waals surface area contributed by atoms with Gasteiger partial charge < -0.3 is 19.9 Å². The minimum atomic E-state index is -0.296. The van der Waals surface area contributed by atoms with Crippen molar-refractivity contribution in [2.45, 2.75) is 32.4 Å². The Morgan fingerprint density at radius 2 is 2.28 bits per heavy atom. The summed E-state index contributed by atoms with van der Waals surface area (Å²) in [4.78, 5) is 8.23. The predicted octanol–water partition coefficient (Wildman–Crippen LogP) is 2.43. The van der Waals surface area contributed by atoms with Gasteiger partial charge in [0.1, 0.15) is 17.7 Å². The van der Waals surface area contributed by atoms with E-state index < -0.39 is 0 Å². The van der Waals surface area contributed by atoms with Gasteiger partial charge in [0.15, 0.2) is 5.96 Å². The third kappa shape index (κ3) is 6.82. The quantitative estimate of drug-likeness (QED) is 0.415. The van der Waals surface area contributed by atoms with Gasteiger partial charge >= 0.3 is 0 Å². The molecule has 0 amide bonds. The maximum Gasteiger partial charge on any atom is 0.191 e. The maximum absolute atomic E-state index is 13.2. The zero-order valence-electron chi connectivity index (χ0n) is 14.8. The molecule has 6 nitrogen and oxygen atoms in total. The van der Waals surface area contributed by atoms with Crippen molar-refractivity contribution in [2.24, 2.45) is 4.99 Å². The van der Waals surface area contributed by atoms with Crippen molar-refractivity contribution in [1.82, 2.24) is 20.2 Å². The Bertz CT molecular complexity index is 645. The normalized spacial score (nSPS) is 12.7. The lowest BCUT2D eigenvalue weighted by molar-refractivity contribution is 0.199. The molecule has 0 bridgehead atoms. The molecule has 25 heavy (non-hydrogen) atoms. The van der Waals surface area contributed by atoms with Crippen LogP contribution in [-0.2, 0) is 6.54 Å². The molecule has 1 aromatic heterocycles. The summed E-state index contributed by atoms with van der Waals surface area (Å²) in [5, 5.41) is 6.52. The van der Waals surface area contributed by atoms with E-state index in [-0.39, 0.29) is 11.9 Å². The number of hydrogen-bond donors (Lipinski definition) is 2. The standard InChI is InChI=1S/C18H26FN5O/c1-3-16(25-17-7-4-6-15(19)12-17)13-23-18(20-2)22-8-5-10-24-11-9-21-14-24/h4,6-7,9,11-12,14,16H,3,5,8,10,13H2,1-2H3,(H2,20,22,23). The fourth-order valence-corrected chi connectivity index (χ4v) is 2.32. The first kappa shape index (κ1) is 18.8. The number of aromatic nitrogens is 2. The van der Waals surface area contributed by atoms with Gasteiger partial charge in [-0.3, -0.25) is 4.99 Å². The topological polar surface area (TPSA) is 63.5 Å². The molecule has 1 aromatic carbocycles. The van der Waals surface area contributed by atoms with E-state index in [1.807, 2.05) is 24.0 Å². The van der Waals surface area contributed by atoms with Crippen LogP contribution in [0.15, 0.2) is 48.0 Å². The molecule has 0 aliphatic heterocycles. The first-order valence-corrected chi connectivity index (χ1v) is 8.53. The van der Waals surface area contributed by atoms with E-state index in [1.165, 1.54) is 12.1 Å². The first-order chi connectivity index (χ1) is 12.2. The van der Waals surface area contributed by atoms with Crippen molar-refractivity contribution in [1.29, 1.82) is 0 Å². The molecule has 0 saturated heterocycles. The van der Waals surface area contributed by atoms with Gasteiger partial charge in [0.25, 0.3) is 0 Å². The summed E-state index contributed by atoms with van der Waals surface area (Å²) < 4.78 is 21.1. The number of aryl methyl sites for hydroxylation is 1. The number of aliphatic imine (C=N–C) groups is 1. The Morgan fingerprint density at radius 3 is 2.96 bits per heavy atom. The summed E-state index contributed by atoms with van der Waals surface area (Å²) in [7, 11) is 1.74. The van der Waals surface area contributed by atoms with E-state index in [9.17, 15) is 4.39 Å². The lowest BCUT2D eigenvalue weighted by Crippen LogP contribution is -2.42. The van der Waals surface area contributed by atoms with E-state index in [0.29, 0.717) is 12.3 Å². The fraction of sp³-hybridized carbons (Fsp3) is 0.444. The Balaban J connectivity index is 1.70. The number of hydrogen-bond acceptors (Lipinski definition) is 3. The number of guanidine groups is 1. The van der Waals surface area contributed by atoms with Gasteiger partial charge in [0.2, 0.25) is 0 Å². The number of nitrogens with one attached hydrogen (secondary N) is 2. The molecule has 1 atom stereocenters. The molecule has 1 unspecified atom stereocenters. The lowest BCUT2D eigenvalue weighted by atomic mass is 10.2. The Kier molecular flexibility index (Phi) is 7.75. The molecule has 0 aliphatic rings. The van der Waals surface area contributed by atoms with Gasteiger partial charge in [-0.1, -0.05) is 13.0 Å². The number of rotatable bonds is 9. The van der Waals surface area contributed by atoms with Crippen molar-refractivity contribution < 1.29 is 9.13 Å². The molecular formula is C18H26FN5O. The van der Waals surface area contributed by atoms with Crippen LogP contribution in [0.2, 0.25) is 0 Å². The van der Waals surface area contributed by atoms with Crippen LogP contribution in [0.4, 0.5) is 4.39 Å². The molecular weight excluding hydrogens is 321 g/mol. The second-order valence-corrected chi connectivity index (χ2v) is 5.64. The third-order valence-electron chi connectivity index (χ3n) is 3.72. The minimum absolute atomic E-state index is 0.0636. The van der Waals surface area contributed by atoms with E-state index >= 15 is 0 Å². The van der Waals surface area contributed by atoms with Crippen molar-refractivity contribution in [3.05, 3.63) is 48.8 Å². The van der Waals surface area contributed by atoms with Crippen LogP contribution in [0.3, 0.4) is 0 Å². The van der Waals surface area contributed by atoms with Crippen LogP contribution in [0.5, 0.6) is 5.75 Å². The van der Waals surface area contributed by atoms with Crippen molar-refractivity contribution in [3.8, 4) is 5.75 Å². The second-order valence-electron chi connectivity index (χ2n) is 5.64. The Labute approximate surface area is 148 Å². The van der Waals surface area contributed by atoms with Crippen molar-refractivity contribution in [2.75, 3.05) is 20.1 Å². The van der Waals surface area contributed by atoms with Crippen LogP contribution in [0, 0.1) is 5.82 Å². The molecule has 2 aromatic rings. The molecule has 1 heterocycles. The van der Waals surface area contributed by atoms with E-state index in [0.717, 1.165) is 31.9 Å². The molecule has 0 spiro atoms. The highest BCUT2D eigenvalue weighted by Crippen LogP contribution is 2.14. The van der Waals surface area contributed by atoms with Crippen LogP contribution >= 0.6 is 0 Å². The average Bonchev–Trinajstić information content (AvgIpc) is 3.13. The SMILES string of the molecule is CCC(CNC(=NC)NCCCn1ccnc1)Oc1cccc(F)c1. The van der Waals surface area contributed by atoms with Gasteiger partial charge in [0.05, 0.1) is 12.9 Å². The summed E-state index contributed by atoms with van der Waals surface area (Å²) in [5.74, 6) is 0.972. The Morgan fingerprint density at radius 1 is 1.40 bits per heavy atom. The molecule has 7 heteroatoms. The summed E-state index contributed by atoms with van der Waals surface area (Å²) in [6.45, 7) is 4.34. The zero-order chi connectivity index (χ0) is 17.9. The summed E-state index contributed by atoms with van der Waals surface area (Å²) in [6, 6.07) is 6.20. The highest BCUT2D eigenvalue weighted by molar-refractivity contribution is 5.79. The zero-order valence-corrected chi connectivity index (χ0v) is 14.8. The maximum atomic E-state index is 13.2. The monoisotopic (exact) mass is 347 g/mol. The van der Waals surface area contributed by atoms with Crippen LogP contribution in [0.1, 0.15) is 19.8 Å². The van der Waals surface area contributed by atoms with Gasteiger partial charge in [-0.2, -0.15) is 0 Å². The number of imidazole rings is 1. The fourth-order valence-electron chi connectivity index (χ4n) is 2.32. The third-order valence-corrected chi connectivity index (χ3v) is 3.72. The molecule has 2 N–H and O–H groups in total. The average molecular weight is 347 g/mol. The largest absolute Gasteiger partial charge is 0.489 e. The van der Waals surface area contributed by atoms with Crippen molar-refractivity contribution >= 4 is 5.96 Å². The van der Waals surface area contributed by atoms with E-state index in [1.54, 1.807) is 25.4 Å². The molecule has 0 aliphatic carbocycles. The summed E-state index contributed by atoms with van der Waals surface area (Å²) in [5.41, 5.74) is 0. The van der Waals surface area contributed by atoms with Crippen LogP contribution in [-0.4, -0.2) is 41.8 Å². The smallest absolute Gasteiger partial charge is 0.191 e. The number of ether oxygens (including phenoxy) is 1. The van der Waals surface area contributed by atoms with E-state index in [2.05, 4.69) is 20.6 Å². The predicted molar refractivity (Wildman–Crippen MR) is 97.3 cm³/mol. The van der Waals surface area contributed by atoms with E-state index in [4.69, 9.17) is 4.74 Å². The van der Waals surface area contributed by atoms with Crippen LogP contribution in [0.25, 0.3) is 0 Å². The molecule has 0 radical (unpaired) electrons. The Hall–Kier alpha value is -2.57. The number of nitrogens with zero attached hydrogens (tertiary/aromatic N) is 3. The number of benzene rings is 1. The number of halogens is 1. The highest BCUT2D eigenvalue weighted by Gasteiger charge is 2.09. The summed E-state index contributed by atoms with van der Waals surface area (Å²) >= 11 is 0. The van der Waals surface area contributed by atoms with Gasteiger partial charge in [-0.05, 0) is 25.0 Å². The summed E-state index contributed by atoms with van der Waals surface area (Å²) in [6.07, 6.45) is 7.24. The van der Waals surface area contributed by atoms with Crippen LogP contribution < -0.4 is 15.4 Å². The van der Waals surface area contributed by atoms with Gasteiger partial charge in [0, 0.05) is 38.6 Å². The van der Waals surface area contributed by atoms with Gasteiger partial charge in [-0.15, -0.1) is 0 Å². The molecule has 2 rings (SSSR count). The second kappa shape index (κ2) is 10.3. The van der Waals surface area contributed by atoms with Crippen molar-refractivity contribution in [3.63, 3.8) is 0 Å².